The van der Waals surface area contributed by atoms with Crippen molar-refractivity contribution in [2.24, 2.45) is 0 Å². The largest absolute Gasteiger partial charge is 0.482 e. The van der Waals surface area contributed by atoms with Gasteiger partial charge in [0.05, 0.1) is 4.92 Å². The molecular weight excluding hydrogens is 408 g/mol. The Morgan fingerprint density at radius 2 is 1.77 bits per heavy atom. The molecule has 0 aromatic heterocycles. The fourth-order valence-electron chi connectivity index (χ4n) is 2.80. The third-order valence-corrected chi connectivity index (χ3v) is 4.46. The fourth-order valence-corrected chi connectivity index (χ4v) is 2.99. The first kappa shape index (κ1) is 21.0. The van der Waals surface area contributed by atoms with Crippen LogP contribution in [-0.2, 0) is 0 Å². The van der Waals surface area contributed by atoms with E-state index in [9.17, 15) is 19.7 Å². The predicted molar refractivity (Wildman–Crippen MR) is 113 cm³/mol. The number of nitrogens with zero attached hydrogens (tertiary/aromatic N) is 1. The van der Waals surface area contributed by atoms with Crippen molar-refractivity contribution in [3.05, 3.63) is 99.1 Å². The van der Waals surface area contributed by atoms with Gasteiger partial charge in [-0.2, -0.15) is 0 Å². The minimum absolute atomic E-state index is 0.0571. The van der Waals surface area contributed by atoms with Gasteiger partial charge in [0.1, 0.15) is 11.3 Å². The summed E-state index contributed by atoms with van der Waals surface area (Å²) in [5.41, 5.74) is 0.454. The van der Waals surface area contributed by atoms with Crippen molar-refractivity contribution in [3.63, 3.8) is 0 Å². The lowest BCUT2D eigenvalue weighted by atomic mass is 10.1. The van der Waals surface area contributed by atoms with Crippen LogP contribution < -0.4 is 10.1 Å². The molecular formula is C22H17ClN2O5. The maximum absolute atomic E-state index is 12.5. The number of hydrogen-bond acceptors (Lipinski definition) is 5. The lowest BCUT2D eigenvalue weighted by Gasteiger charge is -2.15. The van der Waals surface area contributed by atoms with Gasteiger partial charge in [-0.15, -0.1) is 0 Å². The average molecular weight is 425 g/mol. The number of halogens is 1. The number of Topliss-reactive ketones (excluding diaryl/α,β-unsaturated/α-hetero) is 1. The molecule has 3 rings (SSSR count). The molecule has 8 heteroatoms. The normalized spacial score (nSPS) is 11.4. The number of anilines is 1. The van der Waals surface area contributed by atoms with Crippen LogP contribution in [0.5, 0.6) is 5.75 Å². The number of carbonyl (C=O) groups is 2. The summed E-state index contributed by atoms with van der Waals surface area (Å²) in [5.74, 6) is -0.507. The molecule has 0 saturated heterocycles. The van der Waals surface area contributed by atoms with E-state index < -0.39 is 16.9 Å². The van der Waals surface area contributed by atoms with E-state index in [2.05, 4.69) is 5.32 Å². The molecule has 0 spiro atoms. The monoisotopic (exact) mass is 424 g/mol. The number of carbonyl (C=O) groups excluding carboxylic acids is 2. The number of hydrogen-bond donors (Lipinski definition) is 1. The summed E-state index contributed by atoms with van der Waals surface area (Å²) in [5, 5.41) is 14.2. The van der Waals surface area contributed by atoms with Crippen molar-refractivity contribution in [3.8, 4) is 5.75 Å². The number of nitro benzene ring substituents is 1. The van der Waals surface area contributed by atoms with E-state index in [0.717, 1.165) is 0 Å². The second-order valence-corrected chi connectivity index (χ2v) is 6.83. The molecule has 0 aliphatic heterocycles. The number of para-hydroxylation sites is 1. The van der Waals surface area contributed by atoms with Crippen molar-refractivity contribution in [2.45, 2.75) is 13.0 Å². The maximum atomic E-state index is 12.5. The molecule has 1 N–H and O–H groups in total. The van der Waals surface area contributed by atoms with Crippen LogP contribution in [0.2, 0.25) is 5.02 Å². The second-order valence-electron chi connectivity index (χ2n) is 6.39. The number of benzene rings is 3. The number of nitrogens with one attached hydrogen (secondary N) is 1. The van der Waals surface area contributed by atoms with Crippen molar-refractivity contribution in [2.75, 3.05) is 5.32 Å². The summed E-state index contributed by atoms with van der Waals surface area (Å²) in [4.78, 5) is 35.5. The smallest absolute Gasteiger partial charge is 0.282 e. The van der Waals surface area contributed by atoms with Gasteiger partial charge in [-0.25, -0.2) is 0 Å². The summed E-state index contributed by atoms with van der Waals surface area (Å²) in [6.45, 7) is 1.61. The average Bonchev–Trinajstić information content (AvgIpc) is 2.73. The van der Waals surface area contributed by atoms with Crippen LogP contribution in [0.1, 0.15) is 27.6 Å². The Labute approximate surface area is 177 Å². The SMILES string of the molecule is CC(Oc1cccc(NC(=O)c2ccccc2[N+](=O)[O-])c1)C(=O)c1cccc(Cl)c1. The number of rotatable bonds is 7. The highest BCUT2D eigenvalue weighted by atomic mass is 35.5. The first-order valence-corrected chi connectivity index (χ1v) is 9.34. The van der Waals surface area contributed by atoms with Crippen LogP contribution >= 0.6 is 11.6 Å². The van der Waals surface area contributed by atoms with Gasteiger partial charge >= 0.3 is 0 Å². The zero-order valence-electron chi connectivity index (χ0n) is 15.9. The van der Waals surface area contributed by atoms with Gasteiger partial charge in [-0.1, -0.05) is 41.9 Å². The van der Waals surface area contributed by atoms with E-state index in [4.69, 9.17) is 16.3 Å². The molecule has 3 aromatic rings. The van der Waals surface area contributed by atoms with Crippen molar-refractivity contribution in [1.82, 2.24) is 0 Å². The van der Waals surface area contributed by atoms with E-state index in [1.165, 1.54) is 24.3 Å². The molecule has 0 aliphatic carbocycles. The van der Waals surface area contributed by atoms with Gasteiger partial charge in [0.15, 0.2) is 6.10 Å². The van der Waals surface area contributed by atoms with Crippen LogP contribution in [0.25, 0.3) is 0 Å². The number of nitro groups is 1. The predicted octanol–water partition coefficient (Wildman–Crippen LogP) is 5.15. The van der Waals surface area contributed by atoms with Crippen molar-refractivity contribution in [1.29, 1.82) is 0 Å². The molecule has 3 aromatic carbocycles. The number of amides is 1. The fraction of sp³-hybridized carbons (Fsp3) is 0.0909. The summed E-state index contributed by atoms with van der Waals surface area (Å²) in [6, 6.07) is 18.7. The Kier molecular flexibility index (Phi) is 6.44. The Bertz CT molecular complexity index is 1120. The van der Waals surface area contributed by atoms with Crippen LogP contribution in [0, 0.1) is 10.1 Å². The Hall–Kier alpha value is -3.71. The number of ether oxygens (including phenoxy) is 1. The molecule has 0 aliphatic rings. The maximum Gasteiger partial charge on any atom is 0.282 e. The molecule has 0 bridgehead atoms. The molecule has 152 valence electrons. The molecule has 0 heterocycles. The van der Waals surface area contributed by atoms with Crippen LogP contribution in [0.4, 0.5) is 11.4 Å². The third-order valence-electron chi connectivity index (χ3n) is 4.23. The van der Waals surface area contributed by atoms with Gasteiger partial charge in [-0.05, 0) is 37.3 Å². The first-order chi connectivity index (χ1) is 14.3. The second kappa shape index (κ2) is 9.19. The highest BCUT2D eigenvalue weighted by Crippen LogP contribution is 2.23. The highest BCUT2D eigenvalue weighted by molar-refractivity contribution is 6.31. The Balaban J connectivity index is 1.73. The quantitative estimate of drug-likeness (QED) is 0.321. The van der Waals surface area contributed by atoms with E-state index in [1.54, 1.807) is 55.5 Å². The highest BCUT2D eigenvalue weighted by Gasteiger charge is 2.20. The Morgan fingerprint density at radius 3 is 2.50 bits per heavy atom. The van der Waals surface area contributed by atoms with Crippen LogP contribution in [-0.4, -0.2) is 22.7 Å². The van der Waals surface area contributed by atoms with Crippen molar-refractivity contribution < 1.29 is 19.2 Å². The van der Waals surface area contributed by atoms with Gasteiger partial charge in [0.25, 0.3) is 11.6 Å². The Morgan fingerprint density at radius 1 is 1.03 bits per heavy atom. The summed E-state index contributed by atoms with van der Waals surface area (Å²) < 4.78 is 5.71. The molecule has 30 heavy (non-hydrogen) atoms. The van der Waals surface area contributed by atoms with E-state index in [-0.39, 0.29) is 17.0 Å². The molecule has 1 atom stereocenters. The molecule has 0 fully saturated rings. The minimum atomic E-state index is -0.787. The summed E-state index contributed by atoms with van der Waals surface area (Å²) in [6.07, 6.45) is -0.787. The van der Waals surface area contributed by atoms with E-state index in [1.807, 2.05) is 0 Å². The summed E-state index contributed by atoms with van der Waals surface area (Å²) >= 11 is 5.93. The topological polar surface area (TPSA) is 98.5 Å². The molecule has 0 saturated carbocycles. The van der Waals surface area contributed by atoms with Crippen LogP contribution in [0.15, 0.2) is 72.8 Å². The van der Waals surface area contributed by atoms with Gasteiger partial charge < -0.3 is 10.1 Å². The molecule has 1 amide bonds. The standard InChI is InChI=1S/C22H17ClN2O5/c1-14(21(26)15-6-4-7-16(23)12-15)30-18-9-5-8-17(13-18)24-22(27)19-10-2-3-11-20(19)25(28)29/h2-14H,1H3,(H,24,27). The molecule has 7 nitrogen and oxygen atoms in total. The zero-order valence-corrected chi connectivity index (χ0v) is 16.6. The lowest BCUT2D eigenvalue weighted by molar-refractivity contribution is -0.385. The van der Waals surface area contributed by atoms with Crippen molar-refractivity contribution >= 4 is 34.7 Å². The summed E-state index contributed by atoms with van der Waals surface area (Å²) in [7, 11) is 0. The van der Waals surface area contributed by atoms with Gasteiger partial charge in [0, 0.05) is 28.4 Å². The lowest BCUT2D eigenvalue weighted by Crippen LogP contribution is -2.24. The molecule has 1 unspecified atom stereocenters. The van der Waals surface area contributed by atoms with Gasteiger partial charge in [0.2, 0.25) is 5.78 Å². The molecule has 0 radical (unpaired) electrons. The number of ketones is 1. The third kappa shape index (κ3) is 5.01. The van der Waals surface area contributed by atoms with E-state index in [0.29, 0.717) is 22.0 Å². The van der Waals surface area contributed by atoms with Gasteiger partial charge in [-0.3, -0.25) is 19.7 Å². The minimum Gasteiger partial charge on any atom is -0.482 e. The van der Waals surface area contributed by atoms with Crippen LogP contribution in [0.3, 0.4) is 0 Å². The zero-order chi connectivity index (χ0) is 21.7. The first-order valence-electron chi connectivity index (χ1n) is 8.96. The van der Waals surface area contributed by atoms with E-state index >= 15 is 0 Å².